The first kappa shape index (κ1) is 20.0. The molecule has 1 amide bonds. The highest BCUT2D eigenvalue weighted by Crippen LogP contribution is 2.32. The number of anilines is 1. The predicted octanol–water partition coefficient (Wildman–Crippen LogP) is 4.97. The average Bonchev–Trinajstić information content (AvgIpc) is 3.48. The van der Waals surface area contributed by atoms with Gasteiger partial charge in [0.1, 0.15) is 0 Å². The molecule has 1 heterocycles. The van der Waals surface area contributed by atoms with Gasteiger partial charge in [-0.15, -0.1) is 0 Å². The number of aliphatic imine (C=N–C) groups is 1. The van der Waals surface area contributed by atoms with E-state index in [1.54, 1.807) is 0 Å². The summed E-state index contributed by atoms with van der Waals surface area (Å²) >= 11 is 0. The number of benzene rings is 1. The Labute approximate surface area is 174 Å². The Morgan fingerprint density at radius 1 is 1.03 bits per heavy atom. The van der Waals surface area contributed by atoms with Crippen molar-refractivity contribution in [1.82, 2.24) is 4.90 Å². The van der Waals surface area contributed by atoms with Gasteiger partial charge in [0.15, 0.2) is 5.76 Å². The second-order valence-corrected chi connectivity index (χ2v) is 8.34. The molecule has 156 valence electrons. The normalized spacial score (nSPS) is 23.5. The van der Waals surface area contributed by atoms with Crippen LogP contribution in [0.1, 0.15) is 70.8 Å². The lowest BCUT2D eigenvalue weighted by Gasteiger charge is -2.21. The lowest BCUT2D eigenvalue weighted by Crippen LogP contribution is -2.38. The third-order valence-corrected chi connectivity index (χ3v) is 6.46. The van der Waals surface area contributed by atoms with E-state index in [0.717, 1.165) is 44.3 Å². The molecule has 3 fully saturated rings. The van der Waals surface area contributed by atoms with E-state index in [0.29, 0.717) is 17.8 Å². The molecule has 0 radical (unpaired) electrons. The topological polar surface area (TPSA) is 45.1 Å². The second kappa shape index (κ2) is 9.02. The Hall–Kier alpha value is -2.30. The van der Waals surface area contributed by atoms with E-state index in [4.69, 9.17) is 9.73 Å². The summed E-state index contributed by atoms with van der Waals surface area (Å²) in [5.74, 6) is 0.380. The molecule has 1 aromatic carbocycles. The predicted molar refractivity (Wildman–Crippen MR) is 118 cm³/mol. The quantitative estimate of drug-likeness (QED) is 0.639. The van der Waals surface area contributed by atoms with Crippen molar-refractivity contribution in [1.29, 1.82) is 0 Å². The first-order chi connectivity index (χ1) is 14.2. The van der Waals surface area contributed by atoms with Crippen molar-refractivity contribution >= 4 is 23.7 Å². The third kappa shape index (κ3) is 4.34. The summed E-state index contributed by atoms with van der Waals surface area (Å²) in [5.41, 5.74) is 2.18. The van der Waals surface area contributed by atoms with Crippen molar-refractivity contribution in [3.63, 3.8) is 0 Å². The lowest BCUT2D eigenvalue weighted by molar-refractivity contribution is -0.124. The van der Waals surface area contributed by atoms with Gasteiger partial charge in [-0.3, -0.25) is 9.69 Å². The third-order valence-electron chi connectivity index (χ3n) is 6.46. The molecule has 1 aliphatic heterocycles. The molecule has 3 aliphatic rings. The summed E-state index contributed by atoms with van der Waals surface area (Å²) in [6.45, 7) is 6.28. The van der Waals surface area contributed by atoms with Gasteiger partial charge in [-0.25, -0.2) is 4.99 Å². The molecule has 1 aromatic rings. The molecule has 2 saturated carbocycles. The Bertz CT molecular complexity index is 768. The molecule has 0 atom stereocenters. The summed E-state index contributed by atoms with van der Waals surface area (Å²) in [5, 5.41) is 0. The van der Waals surface area contributed by atoms with Crippen LogP contribution in [0.4, 0.5) is 5.69 Å². The number of amidine groups is 1. The molecule has 0 spiro atoms. The molecule has 0 unspecified atom stereocenters. The van der Waals surface area contributed by atoms with Gasteiger partial charge in [0.25, 0.3) is 5.91 Å². The van der Waals surface area contributed by atoms with Crippen molar-refractivity contribution in [2.45, 2.75) is 77.3 Å². The van der Waals surface area contributed by atoms with E-state index in [-0.39, 0.29) is 11.9 Å². The van der Waals surface area contributed by atoms with Crippen LogP contribution in [-0.2, 0) is 9.53 Å². The zero-order chi connectivity index (χ0) is 20.2. The van der Waals surface area contributed by atoms with Gasteiger partial charge in [0.2, 0.25) is 0 Å². The summed E-state index contributed by atoms with van der Waals surface area (Å²) in [6, 6.07) is 9.42. The standard InChI is InChI=1S/C24H33N3O2/c1-3-26(4-2)20-15-13-18(14-16-20)17-22-23(28)27(21-11-7-8-12-21)24(29-22)25-19-9-5-6-10-19/h13-17,19,21H,3-12H2,1-2H3. The first-order valence-electron chi connectivity index (χ1n) is 11.4. The molecule has 0 bridgehead atoms. The smallest absolute Gasteiger partial charge is 0.300 e. The number of carbonyl (C=O) groups excluding carboxylic acids is 1. The second-order valence-electron chi connectivity index (χ2n) is 8.34. The summed E-state index contributed by atoms with van der Waals surface area (Å²) in [4.78, 5) is 22.2. The molecule has 5 heteroatoms. The van der Waals surface area contributed by atoms with E-state index < -0.39 is 0 Å². The van der Waals surface area contributed by atoms with Crippen LogP contribution in [0, 0.1) is 0 Å². The van der Waals surface area contributed by atoms with E-state index >= 15 is 0 Å². The first-order valence-corrected chi connectivity index (χ1v) is 11.4. The Morgan fingerprint density at radius 3 is 2.28 bits per heavy atom. The zero-order valence-corrected chi connectivity index (χ0v) is 17.8. The monoisotopic (exact) mass is 395 g/mol. The van der Waals surface area contributed by atoms with Crippen molar-refractivity contribution in [3.8, 4) is 0 Å². The van der Waals surface area contributed by atoms with Crippen LogP contribution >= 0.6 is 0 Å². The lowest BCUT2D eigenvalue weighted by atomic mass is 10.1. The minimum absolute atomic E-state index is 0.0264. The van der Waals surface area contributed by atoms with Crippen LogP contribution in [-0.4, -0.2) is 42.0 Å². The van der Waals surface area contributed by atoms with E-state index in [1.807, 2.05) is 11.0 Å². The zero-order valence-electron chi connectivity index (χ0n) is 17.8. The molecule has 4 rings (SSSR count). The Kier molecular flexibility index (Phi) is 6.22. The number of hydrogen-bond acceptors (Lipinski definition) is 4. The molecule has 5 nitrogen and oxygen atoms in total. The van der Waals surface area contributed by atoms with Gasteiger partial charge in [-0.05, 0) is 63.3 Å². The highest BCUT2D eigenvalue weighted by atomic mass is 16.5. The maximum atomic E-state index is 13.2. The molecule has 0 N–H and O–H groups in total. The number of nitrogens with zero attached hydrogens (tertiary/aromatic N) is 3. The molecule has 2 aliphatic carbocycles. The fourth-order valence-electron chi connectivity index (χ4n) is 4.77. The number of rotatable bonds is 6. The van der Waals surface area contributed by atoms with Crippen LogP contribution in [0.25, 0.3) is 6.08 Å². The van der Waals surface area contributed by atoms with Gasteiger partial charge < -0.3 is 9.64 Å². The molecular weight excluding hydrogens is 362 g/mol. The SMILES string of the molecule is CCN(CC)c1ccc(C=C2OC(=NC3CCCC3)N(C3CCCC3)C2=O)cc1. The van der Waals surface area contributed by atoms with Crippen LogP contribution in [0.15, 0.2) is 35.0 Å². The van der Waals surface area contributed by atoms with Crippen LogP contribution in [0.2, 0.25) is 0 Å². The number of ether oxygens (including phenoxy) is 1. The summed E-state index contributed by atoms with van der Waals surface area (Å²) in [7, 11) is 0. The molecular formula is C24H33N3O2. The van der Waals surface area contributed by atoms with Gasteiger partial charge >= 0.3 is 6.02 Å². The highest BCUT2D eigenvalue weighted by molar-refractivity contribution is 6.11. The van der Waals surface area contributed by atoms with Gasteiger partial charge in [0.05, 0.1) is 6.04 Å². The molecule has 0 aromatic heterocycles. The van der Waals surface area contributed by atoms with E-state index in [2.05, 4.69) is 43.0 Å². The highest BCUT2D eigenvalue weighted by Gasteiger charge is 2.41. The summed E-state index contributed by atoms with van der Waals surface area (Å²) < 4.78 is 6.06. The van der Waals surface area contributed by atoms with E-state index in [9.17, 15) is 4.79 Å². The average molecular weight is 396 g/mol. The summed E-state index contributed by atoms with van der Waals surface area (Å²) in [6.07, 6.45) is 11.0. The van der Waals surface area contributed by atoms with Gasteiger partial charge in [-0.2, -0.15) is 0 Å². The maximum Gasteiger partial charge on any atom is 0.300 e. The van der Waals surface area contributed by atoms with Crippen LogP contribution < -0.4 is 4.90 Å². The fraction of sp³-hybridized carbons (Fsp3) is 0.583. The Balaban J connectivity index is 1.57. The Morgan fingerprint density at radius 2 is 1.66 bits per heavy atom. The van der Waals surface area contributed by atoms with Crippen molar-refractivity contribution in [2.24, 2.45) is 4.99 Å². The minimum Gasteiger partial charge on any atom is -0.420 e. The number of hydrogen-bond donors (Lipinski definition) is 0. The van der Waals surface area contributed by atoms with Gasteiger partial charge in [-0.1, -0.05) is 37.8 Å². The largest absolute Gasteiger partial charge is 0.420 e. The van der Waals surface area contributed by atoms with Gasteiger partial charge in [0, 0.05) is 24.8 Å². The van der Waals surface area contributed by atoms with Crippen molar-refractivity contribution in [3.05, 3.63) is 35.6 Å². The molecule has 1 saturated heterocycles. The van der Waals surface area contributed by atoms with Crippen molar-refractivity contribution in [2.75, 3.05) is 18.0 Å². The number of amides is 1. The van der Waals surface area contributed by atoms with Crippen molar-refractivity contribution < 1.29 is 9.53 Å². The van der Waals surface area contributed by atoms with Crippen LogP contribution in [0.3, 0.4) is 0 Å². The van der Waals surface area contributed by atoms with Crippen LogP contribution in [0.5, 0.6) is 0 Å². The molecule has 29 heavy (non-hydrogen) atoms. The minimum atomic E-state index is -0.0264. The maximum absolute atomic E-state index is 13.2. The number of carbonyl (C=O) groups is 1. The fourth-order valence-corrected chi connectivity index (χ4v) is 4.77. The van der Waals surface area contributed by atoms with E-state index in [1.165, 1.54) is 31.4 Å².